The van der Waals surface area contributed by atoms with Gasteiger partial charge in [-0.2, -0.15) is 5.10 Å². The SMILES string of the molecule is CC(C)c1ccccc1OCCNC(=O)N[C@@H]1CCc2ncnn2C1. The van der Waals surface area contributed by atoms with Crippen LogP contribution in [0.1, 0.15) is 37.6 Å². The van der Waals surface area contributed by atoms with Crippen LogP contribution in [0.3, 0.4) is 0 Å². The minimum atomic E-state index is -0.172. The molecular weight excluding hydrogens is 318 g/mol. The van der Waals surface area contributed by atoms with Crippen LogP contribution in [0.2, 0.25) is 0 Å². The summed E-state index contributed by atoms with van der Waals surface area (Å²) in [5, 5.41) is 9.99. The molecule has 1 aliphatic rings. The molecule has 2 aromatic rings. The number of benzene rings is 1. The Balaban J connectivity index is 1.39. The summed E-state index contributed by atoms with van der Waals surface area (Å²) in [4.78, 5) is 16.2. The maximum atomic E-state index is 12.0. The van der Waals surface area contributed by atoms with Crippen molar-refractivity contribution in [1.82, 2.24) is 25.4 Å². The van der Waals surface area contributed by atoms with E-state index in [0.29, 0.717) is 25.6 Å². The number of nitrogens with zero attached hydrogens (tertiary/aromatic N) is 3. The molecule has 0 saturated heterocycles. The summed E-state index contributed by atoms with van der Waals surface area (Å²) in [5.74, 6) is 2.27. The number of hydrogen-bond acceptors (Lipinski definition) is 4. The molecule has 1 atom stereocenters. The fourth-order valence-corrected chi connectivity index (χ4v) is 3.01. The maximum Gasteiger partial charge on any atom is 0.315 e. The topological polar surface area (TPSA) is 81.1 Å². The van der Waals surface area contributed by atoms with Crippen LogP contribution in [0.15, 0.2) is 30.6 Å². The standard InChI is InChI=1S/C18H25N5O2/c1-13(2)15-5-3-4-6-16(15)25-10-9-19-18(24)22-14-7-8-17-20-12-21-23(17)11-14/h3-6,12-14H,7-11H2,1-2H3,(H2,19,22,24)/t14-/m1/s1. The zero-order valence-corrected chi connectivity index (χ0v) is 14.7. The van der Waals surface area contributed by atoms with E-state index in [1.165, 1.54) is 5.56 Å². The number of para-hydroxylation sites is 1. The third-order valence-corrected chi connectivity index (χ3v) is 4.33. The van der Waals surface area contributed by atoms with Crippen LogP contribution < -0.4 is 15.4 Å². The van der Waals surface area contributed by atoms with Gasteiger partial charge in [-0.3, -0.25) is 0 Å². The molecule has 1 aromatic carbocycles. The lowest BCUT2D eigenvalue weighted by Crippen LogP contribution is -2.46. The molecule has 0 bridgehead atoms. The molecule has 0 aliphatic carbocycles. The molecule has 2 heterocycles. The normalized spacial score (nSPS) is 16.4. The van der Waals surface area contributed by atoms with E-state index in [1.54, 1.807) is 6.33 Å². The van der Waals surface area contributed by atoms with E-state index in [-0.39, 0.29) is 12.1 Å². The largest absolute Gasteiger partial charge is 0.491 e. The van der Waals surface area contributed by atoms with Gasteiger partial charge in [0.25, 0.3) is 0 Å². The first kappa shape index (κ1) is 17.3. The van der Waals surface area contributed by atoms with E-state index in [1.807, 2.05) is 22.9 Å². The third kappa shape index (κ3) is 4.49. The molecule has 0 spiro atoms. The summed E-state index contributed by atoms with van der Waals surface area (Å²) in [6.07, 6.45) is 3.27. The average Bonchev–Trinajstić information content (AvgIpc) is 3.06. The van der Waals surface area contributed by atoms with Gasteiger partial charge in [-0.05, 0) is 24.0 Å². The lowest BCUT2D eigenvalue weighted by Gasteiger charge is -2.23. The molecule has 2 amide bonds. The molecule has 134 valence electrons. The molecule has 2 N–H and O–H groups in total. The second-order valence-electron chi connectivity index (χ2n) is 6.54. The molecule has 0 unspecified atom stereocenters. The van der Waals surface area contributed by atoms with Crippen LogP contribution in [0.4, 0.5) is 4.79 Å². The van der Waals surface area contributed by atoms with Gasteiger partial charge in [-0.25, -0.2) is 14.5 Å². The molecule has 1 aliphatic heterocycles. The summed E-state index contributed by atoms with van der Waals surface area (Å²) in [7, 11) is 0. The number of aromatic nitrogens is 3. The molecule has 7 nitrogen and oxygen atoms in total. The van der Waals surface area contributed by atoms with Crippen LogP contribution in [0.25, 0.3) is 0 Å². The van der Waals surface area contributed by atoms with E-state index in [4.69, 9.17) is 4.74 Å². The fourth-order valence-electron chi connectivity index (χ4n) is 3.01. The molecule has 25 heavy (non-hydrogen) atoms. The van der Waals surface area contributed by atoms with Crippen LogP contribution >= 0.6 is 0 Å². The Hall–Kier alpha value is -2.57. The lowest BCUT2D eigenvalue weighted by molar-refractivity contribution is 0.227. The predicted octanol–water partition coefficient (Wildman–Crippen LogP) is 2.09. The highest BCUT2D eigenvalue weighted by Crippen LogP contribution is 2.25. The van der Waals surface area contributed by atoms with E-state index in [2.05, 4.69) is 40.6 Å². The van der Waals surface area contributed by atoms with Crippen molar-refractivity contribution in [1.29, 1.82) is 0 Å². The number of fused-ring (bicyclic) bond motifs is 1. The van der Waals surface area contributed by atoms with Crippen molar-refractivity contribution in [3.05, 3.63) is 42.0 Å². The first-order valence-electron chi connectivity index (χ1n) is 8.76. The summed E-state index contributed by atoms with van der Waals surface area (Å²) in [5.41, 5.74) is 1.18. The molecular formula is C18H25N5O2. The number of aryl methyl sites for hydroxylation is 1. The van der Waals surface area contributed by atoms with Crippen molar-refractivity contribution in [2.45, 2.75) is 45.2 Å². The van der Waals surface area contributed by atoms with Crippen molar-refractivity contribution < 1.29 is 9.53 Å². The first-order valence-corrected chi connectivity index (χ1v) is 8.76. The summed E-state index contributed by atoms with van der Waals surface area (Å²) >= 11 is 0. The van der Waals surface area contributed by atoms with Gasteiger partial charge in [-0.15, -0.1) is 0 Å². The number of ether oxygens (including phenoxy) is 1. The molecule has 7 heteroatoms. The van der Waals surface area contributed by atoms with E-state index >= 15 is 0 Å². The van der Waals surface area contributed by atoms with Crippen LogP contribution in [0.5, 0.6) is 5.75 Å². The highest BCUT2D eigenvalue weighted by Gasteiger charge is 2.21. The molecule has 0 saturated carbocycles. The number of nitrogens with one attached hydrogen (secondary N) is 2. The van der Waals surface area contributed by atoms with Crippen molar-refractivity contribution in [3.8, 4) is 5.75 Å². The van der Waals surface area contributed by atoms with Crippen molar-refractivity contribution in [2.24, 2.45) is 0 Å². The Bertz CT molecular complexity index is 713. The number of hydrogen-bond donors (Lipinski definition) is 2. The highest BCUT2D eigenvalue weighted by atomic mass is 16.5. The third-order valence-electron chi connectivity index (χ3n) is 4.33. The van der Waals surface area contributed by atoms with Crippen LogP contribution in [0, 0.1) is 0 Å². The Morgan fingerprint density at radius 3 is 3.08 bits per heavy atom. The van der Waals surface area contributed by atoms with Gasteiger partial charge in [-0.1, -0.05) is 32.0 Å². The van der Waals surface area contributed by atoms with Gasteiger partial charge in [0.05, 0.1) is 19.1 Å². The van der Waals surface area contributed by atoms with E-state index in [0.717, 1.165) is 24.4 Å². The van der Waals surface area contributed by atoms with Gasteiger partial charge in [0.15, 0.2) is 0 Å². The van der Waals surface area contributed by atoms with Crippen molar-refractivity contribution >= 4 is 6.03 Å². The highest BCUT2D eigenvalue weighted by molar-refractivity contribution is 5.74. The van der Waals surface area contributed by atoms with Crippen LogP contribution in [-0.2, 0) is 13.0 Å². The Morgan fingerprint density at radius 2 is 2.24 bits per heavy atom. The Kier molecular flexibility index (Phi) is 5.53. The van der Waals surface area contributed by atoms with Crippen molar-refractivity contribution in [2.75, 3.05) is 13.2 Å². The monoisotopic (exact) mass is 343 g/mol. The van der Waals surface area contributed by atoms with Gasteiger partial charge >= 0.3 is 6.03 Å². The number of rotatable bonds is 6. The molecule has 1 aromatic heterocycles. The first-order chi connectivity index (χ1) is 12.1. The van der Waals surface area contributed by atoms with Gasteiger partial charge in [0.2, 0.25) is 0 Å². The number of carbonyl (C=O) groups is 1. The average molecular weight is 343 g/mol. The number of carbonyl (C=O) groups excluding carboxylic acids is 1. The molecule has 3 rings (SSSR count). The van der Waals surface area contributed by atoms with Gasteiger partial charge < -0.3 is 15.4 Å². The van der Waals surface area contributed by atoms with Crippen molar-refractivity contribution in [3.63, 3.8) is 0 Å². The minimum Gasteiger partial charge on any atom is -0.491 e. The molecule has 0 fully saturated rings. The zero-order chi connectivity index (χ0) is 17.6. The number of amides is 2. The fraction of sp³-hybridized carbons (Fsp3) is 0.500. The minimum absolute atomic E-state index is 0.0804. The second-order valence-corrected chi connectivity index (χ2v) is 6.54. The maximum absolute atomic E-state index is 12.0. The van der Waals surface area contributed by atoms with Gasteiger partial charge in [0.1, 0.15) is 24.5 Å². The smallest absolute Gasteiger partial charge is 0.315 e. The zero-order valence-electron chi connectivity index (χ0n) is 14.7. The summed E-state index contributed by atoms with van der Waals surface area (Å²) < 4.78 is 7.66. The van der Waals surface area contributed by atoms with Crippen LogP contribution in [-0.4, -0.2) is 40.0 Å². The lowest BCUT2D eigenvalue weighted by atomic mass is 10.0. The van der Waals surface area contributed by atoms with E-state index < -0.39 is 0 Å². The Morgan fingerprint density at radius 1 is 1.40 bits per heavy atom. The quantitative estimate of drug-likeness (QED) is 0.787. The van der Waals surface area contributed by atoms with Gasteiger partial charge in [0, 0.05) is 6.42 Å². The number of urea groups is 1. The summed E-state index contributed by atoms with van der Waals surface area (Å²) in [6.45, 7) is 5.84. The summed E-state index contributed by atoms with van der Waals surface area (Å²) in [6, 6.07) is 7.92. The second kappa shape index (κ2) is 8.00. The van der Waals surface area contributed by atoms with E-state index in [9.17, 15) is 4.79 Å². The Labute approximate surface area is 147 Å². The predicted molar refractivity (Wildman–Crippen MR) is 94.7 cm³/mol. The molecule has 0 radical (unpaired) electrons.